The van der Waals surface area contributed by atoms with Crippen LogP contribution in [0.3, 0.4) is 0 Å². The van der Waals surface area contributed by atoms with Crippen LogP contribution in [0.2, 0.25) is 0 Å². The molecular formula is C16H21N3O3S. The van der Waals surface area contributed by atoms with Crippen molar-refractivity contribution in [1.82, 2.24) is 9.88 Å². The van der Waals surface area contributed by atoms with Crippen LogP contribution in [0.1, 0.15) is 16.1 Å². The molecule has 23 heavy (non-hydrogen) atoms. The van der Waals surface area contributed by atoms with Crippen LogP contribution >= 0.6 is 11.3 Å². The van der Waals surface area contributed by atoms with Crippen LogP contribution in [0.25, 0.3) is 10.4 Å². The number of anilines is 1. The van der Waals surface area contributed by atoms with Gasteiger partial charge in [0.25, 0.3) is 5.91 Å². The Hall–Kier alpha value is -1.96. The fourth-order valence-electron chi connectivity index (χ4n) is 2.30. The number of carbonyl (C=O) groups is 1. The predicted molar refractivity (Wildman–Crippen MR) is 91.9 cm³/mol. The molecule has 0 spiro atoms. The van der Waals surface area contributed by atoms with Crippen molar-refractivity contribution < 1.29 is 15.0 Å². The molecule has 0 aliphatic rings. The number of rotatable bonds is 7. The van der Waals surface area contributed by atoms with Crippen LogP contribution < -0.4 is 5.32 Å². The van der Waals surface area contributed by atoms with E-state index in [0.29, 0.717) is 5.56 Å². The highest BCUT2D eigenvalue weighted by atomic mass is 32.1. The summed E-state index contributed by atoms with van der Waals surface area (Å²) in [5.74, 6) is -0.203. The first kappa shape index (κ1) is 17.4. The molecule has 2 aromatic rings. The van der Waals surface area contributed by atoms with Gasteiger partial charge in [-0.1, -0.05) is 23.5 Å². The van der Waals surface area contributed by atoms with E-state index in [0.717, 1.165) is 21.3 Å². The topological polar surface area (TPSA) is 85.7 Å². The number of thiazole rings is 1. The van der Waals surface area contributed by atoms with Crippen molar-refractivity contribution >= 4 is 22.4 Å². The van der Waals surface area contributed by atoms with Gasteiger partial charge in [-0.05, 0) is 24.6 Å². The summed E-state index contributed by atoms with van der Waals surface area (Å²) in [6.07, 6.45) is 0. The number of aliphatic hydroxyl groups is 2. The van der Waals surface area contributed by atoms with Gasteiger partial charge in [-0.2, -0.15) is 0 Å². The van der Waals surface area contributed by atoms with Crippen molar-refractivity contribution in [2.24, 2.45) is 0 Å². The van der Waals surface area contributed by atoms with Crippen molar-refractivity contribution in [3.63, 3.8) is 0 Å². The molecular weight excluding hydrogens is 314 g/mol. The summed E-state index contributed by atoms with van der Waals surface area (Å²) in [5, 5.41) is 22.0. The molecule has 3 N–H and O–H groups in total. The van der Waals surface area contributed by atoms with Crippen molar-refractivity contribution in [3.8, 4) is 10.4 Å². The van der Waals surface area contributed by atoms with Gasteiger partial charge in [-0.25, -0.2) is 4.98 Å². The van der Waals surface area contributed by atoms with E-state index in [1.165, 1.54) is 16.2 Å². The summed E-state index contributed by atoms with van der Waals surface area (Å²) in [6.45, 7) is 2.07. The second kappa shape index (κ2) is 8.05. The lowest BCUT2D eigenvalue weighted by Gasteiger charge is -2.20. The molecule has 6 nitrogen and oxygen atoms in total. The average Bonchev–Trinajstić information content (AvgIpc) is 2.95. The molecule has 2 rings (SSSR count). The number of carbonyl (C=O) groups excluding carboxylic acids is 1. The second-order valence-electron chi connectivity index (χ2n) is 5.00. The highest BCUT2D eigenvalue weighted by Gasteiger charge is 2.16. The highest BCUT2D eigenvalue weighted by Crippen LogP contribution is 2.32. The number of aliphatic hydroxyl groups excluding tert-OH is 2. The predicted octanol–water partition coefficient (Wildman–Crippen LogP) is 1.59. The zero-order valence-electron chi connectivity index (χ0n) is 13.2. The first-order chi connectivity index (χ1) is 11.1. The lowest BCUT2D eigenvalue weighted by atomic mass is 10.1. The van der Waals surface area contributed by atoms with Crippen molar-refractivity contribution in [2.75, 3.05) is 38.7 Å². The molecule has 0 bridgehead atoms. The number of benzene rings is 1. The van der Waals surface area contributed by atoms with E-state index >= 15 is 0 Å². The zero-order chi connectivity index (χ0) is 16.8. The van der Waals surface area contributed by atoms with E-state index in [9.17, 15) is 4.79 Å². The van der Waals surface area contributed by atoms with E-state index in [2.05, 4.69) is 10.3 Å². The molecule has 124 valence electrons. The summed E-state index contributed by atoms with van der Waals surface area (Å²) in [7, 11) is 1.82. The molecule has 0 saturated heterocycles. The number of nitrogens with one attached hydrogen (secondary N) is 1. The van der Waals surface area contributed by atoms with Gasteiger partial charge in [0.15, 0.2) is 5.13 Å². The number of amides is 1. The first-order valence-electron chi connectivity index (χ1n) is 7.37. The Morgan fingerprint density at radius 3 is 2.57 bits per heavy atom. The van der Waals surface area contributed by atoms with Gasteiger partial charge in [-0.3, -0.25) is 4.79 Å². The third kappa shape index (κ3) is 4.07. The Balaban J connectivity index is 2.31. The quantitative estimate of drug-likeness (QED) is 0.715. The maximum absolute atomic E-state index is 12.5. The highest BCUT2D eigenvalue weighted by molar-refractivity contribution is 7.19. The van der Waals surface area contributed by atoms with Gasteiger partial charge in [0.2, 0.25) is 0 Å². The van der Waals surface area contributed by atoms with Gasteiger partial charge in [-0.15, -0.1) is 0 Å². The Bertz CT molecular complexity index is 666. The standard InChI is InChI=1S/C16H21N3O3S/c1-11-14(23-16(17-2)18-11)12-4-3-5-13(10-12)15(22)19(6-8-20)7-9-21/h3-5,10,20-21H,6-9H2,1-2H3,(H,17,18). The van der Waals surface area contributed by atoms with Gasteiger partial charge in [0.1, 0.15) is 0 Å². The Labute approximate surface area is 139 Å². The summed E-state index contributed by atoms with van der Waals surface area (Å²) in [6, 6.07) is 7.34. The fraction of sp³-hybridized carbons (Fsp3) is 0.375. The normalized spacial score (nSPS) is 10.6. The number of aromatic nitrogens is 1. The van der Waals surface area contributed by atoms with Crippen LogP contribution in [-0.4, -0.2) is 59.4 Å². The lowest BCUT2D eigenvalue weighted by molar-refractivity contribution is 0.0685. The van der Waals surface area contributed by atoms with E-state index in [-0.39, 0.29) is 32.2 Å². The molecule has 0 aliphatic carbocycles. The number of aryl methyl sites for hydroxylation is 1. The van der Waals surface area contributed by atoms with Crippen LogP contribution in [0.15, 0.2) is 24.3 Å². The largest absolute Gasteiger partial charge is 0.395 e. The summed E-state index contributed by atoms with van der Waals surface area (Å²) in [4.78, 5) is 19.4. The van der Waals surface area contributed by atoms with E-state index in [1.54, 1.807) is 6.07 Å². The maximum atomic E-state index is 12.5. The maximum Gasteiger partial charge on any atom is 0.254 e. The first-order valence-corrected chi connectivity index (χ1v) is 8.19. The second-order valence-corrected chi connectivity index (χ2v) is 6.00. The molecule has 0 aliphatic heterocycles. The Morgan fingerprint density at radius 1 is 1.30 bits per heavy atom. The number of nitrogens with zero attached hydrogens (tertiary/aromatic N) is 2. The van der Waals surface area contributed by atoms with E-state index in [1.807, 2.05) is 32.2 Å². The van der Waals surface area contributed by atoms with Crippen LogP contribution in [0.4, 0.5) is 5.13 Å². The Kier molecular flexibility index (Phi) is 6.09. The monoisotopic (exact) mass is 335 g/mol. The number of hydrogen-bond acceptors (Lipinski definition) is 6. The molecule has 0 atom stereocenters. The molecule has 0 radical (unpaired) electrons. The van der Waals surface area contributed by atoms with Crippen molar-refractivity contribution in [1.29, 1.82) is 0 Å². The van der Waals surface area contributed by atoms with Crippen LogP contribution in [0.5, 0.6) is 0 Å². The average molecular weight is 335 g/mol. The van der Waals surface area contributed by atoms with Crippen molar-refractivity contribution in [3.05, 3.63) is 35.5 Å². The molecule has 0 fully saturated rings. The van der Waals surface area contributed by atoms with Gasteiger partial charge in [0.05, 0.1) is 23.8 Å². The Morgan fingerprint density at radius 2 is 2.00 bits per heavy atom. The van der Waals surface area contributed by atoms with Crippen molar-refractivity contribution in [2.45, 2.75) is 6.92 Å². The SMILES string of the molecule is CNc1nc(C)c(-c2cccc(C(=O)N(CCO)CCO)c2)s1. The van der Waals surface area contributed by atoms with E-state index in [4.69, 9.17) is 10.2 Å². The molecule has 7 heteroatoms. The smallest absolute Gasteiger partial charge is 0.254 e. The van der Waals surface area contributed by atoms with Gasteiger partial charge < -0.3 is 20.4 Å². The summed E-state index contributed by atoms with van der Waals surface area (Å²) < 4.78 is 0. The molecule has 0 unspecified atom stereocenters. The molecule has 1 aromatic heterocycles. The third-order valence-corrected chi connectivity index (χ3v) is 4.63. The van der Waals surface area contributed by atoms with Crippen LogP contribution in [-0.2, 0) is 0 Å². The van der Waals surface area contributed by atoms with E-state index < -0.39 is 0 Å². The zero-order valence-corrected chi connectivity index (χ0v) is 14.1. The summed E-state index contributed by atoms with van der Waals surface area (Å²) in [5.41, 5.74) is 2.37. The minimum Gasteiger partial charge on any atom is -0.395 e. The molecule has 1 aromatic carbocycles. The van der Waals surface area contributed by atoms with Crippen LogP contribution in [0, 0.1) is 6.92 Å². The fourth-order valence-corrected chi connectivity index (χ4v) is 3.22. The molecule has 1 heterocycles. The minimum absolute atomic E-state index is 0.134. The minimum atomic E-state index is -0.203. The van der Waals surface area contributed by atoms with Gasteiger partial charge in [0, 0.05) is 25.7 Å². The molecule has 1 amide bonds. The summed E-state index contributed by atoms with van der Waals surface area (Å²) >= 11 is 1.53. The third-order valence-electron chi connectivity index (χ3n) is 3.41. The number of hydrogen-bond donors (Lipinski definition) is 3. The lowest BCUT2D eigenvalue weighted by Crippen LogP contribution is -2.35. The van der Waals surface area contributed by atoms with Gasteiger partial charge >= 0.3 is 0 Å². The molecule has 0 saturated carbocycles.